The topological polar surface area (TPSA) is 58.7 Å². The summed E-state index contributed by atoms with van der Waals surface area (Å²) in [6.45, 7) is 1.74. The first-order chi connectivity index (χ1) is 12.6. The van der Waals surface area contributed by atoms with Crippen LogP contribution < -0.4 is 5.73 Å². The minimum Gasteiger partial charge on any atom is -0.387 e. The molecule has 0 atom stereocenters. The Bertz CT molecular complexity index is 909. The van der Waals surface area contributed by atoms with E-state index < -0.39 is 0 Å². The van der Waals surface area contributed by atoms with Gasteiger partial charge < -0.3 is 10.6 Å². The van der Waals surface area contributed by atoms with Gasteiger partial charge in [-0.3, -0.25) is 4.79 Å². The second kappa shape index (κ2) is 7.08. The van der Waals surface area contributed by atoms with Gasteiger partial charge in [-0.1, -0.05) is 34.1 Å². The fourth-order valence-corrected chi connectivity index (χ4v) is 3.98. The van der Waals surface area contributed by atoms with Gasteiger partial charge >= 0.3 is 0 Å². The van der Waals surface area contributed by atoms with Crippen molar-refractivity contribution in [3.05, 3.63) is 58.1 Å². The third-order valence-electron chi connectivity index (χ3n) is 4.81. The Hall–Kier alpha value is -2.40. The molecular weight excluding hydrogens is 390 g/mol. The van der Waals surface area contributed by atoms with Gasteiger partial charge in [-0.05, 0) is 54.3 Å². The summed E-state index contributed by atoms with van der Waals surface area (Å²) in [7, 11) is 0. The van der Waals surface area contributed by atoms with E-state index in [1.807, 2.05) is 41.3 Å². The SMILES string of the molecule is NC1=Nc2ccc(-c3ccc(C(=O)N4CCCC4)cc3)cc2C=C(Br)C1. The van der Waals surface area contributed by atoms with Crippen LogP contribution in [0.5, 0.6) is 0 Å². The van der Waals surface area contributed by atoms with Gasteiger partial charge in [0.25, 0.3) is 5.91 Å². The highest BCUT2D eigenvalue weighted by Gasteiger charge is 2.19. The van der Waals surface area contributed by atoms with Crippen molar-refractivity contribution in [1.82, 2.24) is 4.90 Å². The molecule has 1 fully saturated rings. The summed E-state index contributed by atoms with van der Waals surface area (Å²) in [6.07, 6.45) is 4.90. The number of benzene rings is 2. The van der Waals surface area contributed by atoms with Crippen molar-refractivity contribution in [1.29, 1.82) is 0 Å². The Labute approximate surface area is 161 Å². The average molecular weight is 410 g/mol. The fourth-order valence-electron chi connectivity index (χ4n) is 3.45. The lowest BCUT2D eigenvalue weighted by Gasteiger charge is -2.15. The third-order valence-corrected chi connectivity index (χ3v) is 5.32. The Morgan fingerprint density at radius 3 is 2.46 bits per heavy atom. The zero-order chi connectivity index (χ0) is 18.1. The molecule has 0 saturated carbocycles. The quantitative estimate of drug-likeness (QED) is 0.779. The molecule has 1 saturated heterocycles. The van der Waals surface area contributed by atoms with Gasteiger partial charge in [0.05, 0.1) is 5.69 Å². The first kappa shape index (κ1) is 17.0. The molecule has 2 aromatic rings. The Morgan fingerprint density at radius 1 is 1.04 bits per heavy atom. The number of halogens is 1. The number of amides is 1. The van der Waals surface area contributed by atoms with E-state index in [4.69, 9.17) is 5.73 Å². The normalized spacial score (nSPS) is 16.6. The van der Waals surface area contributed by atoms with Crippen molar-refractivity contribution < 1.29 is 4.79 Å². The van der Waals surface area contributed by atoms with Crippen LogP contribution in [0.3, 0.4) is 0 Å². The Kier molecular flexibility index (Phi) is 4.64. The summed E-state index contributed by atoms with van der Waals surface area (Å²) in [4.78, 5) is 18.9. The number of hydrogen-bond acceptors (Lipinski definition) is 3. The molecule has 0 radical (unpaired) electrons. The van der Waals surface area contributed by atoms with Gasteiger partial charge in [0.2, 0.25) is 0 Å². The Morgan fingerprint density at radius 2 is 1.73 bits per heavy atom. The summed E-state index contributed by atoms with van der Waals surface area (Å²) < 4.78 is 1.02. The molecule has 2 aliphatic rings. The maximum Gasteiger partial charge on any atom is 0.253 e. The number of carbonyl (C=O) groups is 1. The van der Waals surface area contributed by atoms with Crippen molar-refractivity contribution in [3.8, 4) is 11.1 Å². The van der Waals surface area contributed by atoms with Crippen LogP contribution in [-0.2, 0) is 0 Å². The molecule has 1 amide bonds. The minimum atomic E-state index is 0.132. The van der Waals surface area contributed by atoms with Crippen LogP contribution >= 0.6 is 15.9 Å². The fraction of sp³-hybridized carbons (Fsp3) is 0.238. The van der Waals surface area contributed by atoms with Crippen molar-refractivity contribution >= 4 is 39.4 Å². The smallest absolute Gasteiger partial charge is 0.253 e. The molecule has 26 heavy (non-hydrogen) atoms. The van der Waals surface area contributed by atoms with Gasteiger partial charge in [0.15, 0.2) is 0 Å². The molecule has 132 valence electrons. The van der Waals surface area contributed by atoms with E-state index in [2.05, 4.69) is 33.1 Å². The van der Waals surface area contributed by atoms with Gasteiger partial charge in [-0.2, -0.15) is 0 Å². The van der Waals surface area contributed by atoms with Gasteiger partial charge in [0, 0.05) is 35.1 Å². The van der Waals surface area contributed by atoms with E-state index in [1.54, 1.807) is 0 Å². The second-order valence-electron chi connectivity index (χ2n) is 6.72. The molecule has 0 aromatic heterocycles. The largest absolute Gasteiger partial charge is 0.387 e. The molecule has 0 aliphatic carbocycles. The molecule has 4 nitrogen and oxygen atoms in total. The molecule has 2 aromatic carbocycles. The zero-order valence-electron chi connectivity index (χ0n) is 14.4. The number of amidine groups is 1. The highest BCUT2D eigenvalue weighted by Crippen LogP contribution is 2.32. The number of carbonyl (C=O) groups excluding carboxylic acids is 1. The minimum absolute atomic E-state index is 0.132. The number of rotatable bonds is 2. The maximum atomic E-state index is 12.5. The first-order valence-electron chi connectivity index (χ1n) is 8.83. The predicted octanol–water partition coefficient (Wildman–Crippen LogP) is 4.72. The van der Waals surface area contributed by atoms with Crippen LogP contribution in [-0.4, -0.2) is 29.7 Å². The first-order valence-corrected chi connectivity index (χ1v) is 9.62. The van der Waals surface area contributed by atoms with Crippen LogP contribution in [0.2, 0.25) is 0 Å². The van der Waals surface area contributed by atoms with Crippen LogP contribution in [0.4, 0.5) is 5.69 Å². The molecular formula is C21H20BrN3O. The predicted molar refractivity (Wildman–Crippen MR) is 110 cm³/mol. The number of aliphatic imine (C=N–C) groups is 1. The number of hydrogen-bond donors (Lipinski definition) is 1. The zero-order valence-corrected chi connectivity index (χ0v) is 16.0. The van der Waals surface area contributed by atoms with Crippen molar-refractivity contribution in [2.45, 2.75) is 19.3 Å². The molecule has 0 bridgehead atoms. The van der Waals surface area contributed by atoms with Gasteiger partial charge in [-0.15, -0.1) is 0 Å². The van der Waals surface area contributed by atoms with Crippen LogP contribution in [0.1, 0.15) is 35.2 Å². The summed E-state index contributed by atoms with van der Waals surface area (Å²) >= 11 is 3.55. The lowest BCUT2D eigenvalue weighted by Crippen LogP contribution is -2.27. The summed E-state index contributed by atoms with van der Waals surface area (Å²) in [5, 5.41) is 0. The number of fused-ring (bicyclic) bond motifs is 1. The van der Waals surface area contributed by atoms with E-state index in [1.165, 1.54) is 0 Å². The average Bonchev–Trinajstić information content (AvgIpc) is 3.12. The molecule has 5 heteroatoms. The molecule has 2 aliphatic heterocycles. The molecule has 4 rings (SSSR count). The maximum absolute atomic E-state index is 12.5. The number of nitrogens with zero attached hydrogens (tertiary/aromatic N) is 2. The third kappa shape index (κ3) is 3.44. The van der Waals surface area contributed by atoms with Crippen LogP contribution in [0.25, 0.3) is 17.2 Å². The van der Waals surface area contributed by atoms with E-state index >= 15 is 0 Å². The number of nitrogens with two attached hydrogens (primary N) is 1. The second-order valence-corrected chi connectivity index (χ2v) is 7.74. The van der Waals surface area contributed by atoms with E-state index in [9.17, 15) is 4.79 Å². The van der Waals surface area contributed by atoms with Crippen LogP contribution in [0, 0.1) is 0 Å². The molecule has 0 unspecified atom stereocenters. The lowest BCUT2D eigenvalue weighted by molar-refractivity contribution is 0.0793. The van der Waals surface area contributed by atoms with E-state index in [0.29, 0.717) is 12.3 Å². The highest BCUT2D eigenvalue weighted by molar-refractivity contribution is 9.11. The summed E-state index contributed by atoms with van der Waals surface area (Å²) in [6, 6.07) is 14.0. The highest BCUT2D eigenvalue weighted by atomic mass is 79.9. The Balaban J connectivity index is 1.62. The van der Waals surface area contributed by atoms with E-state index in [-0.39, 0.29) is 5.91 Å². The van der Waals surface area contributed by atoms with Crippen LogP contribution in [0.15, 0.2) is 51.9 Å². The van der Waals surface area contributed by atoms with E-state index in [0.717, 1.165) is 58.4 Å². The van der Waals surface area contributed by atoms with Gasteiger partial charge in [-0.25, -0.2) is 4.99 Å². The van der Waals surface area contributed by atoms with Crippen molar-refractivity contribution in [2.24, 2.45) is 10.7 Å². The lowest BCUT2D eigenvalue weighted by atomic mass is 10.0. The van der Waals surface area contributed by atoms with Gasteiger partial charge in [0.1, 0.15) is 5.84 Å². The molecule has 0 spiro atoms. The van der Waals surface area contributed by atoms with Crippen molar-refractivity contribution in [3.63, 3.8) is 0 Å². The summed E-state index contributed by atoms with van der Waals surface area (Å²) in [5.41, 5.74) is 10.8. The summed E-state index contributed by atoms with van der Waals surface area (Å²) in [5.74, 6) is 0.733. The number of likely N-dealkylation sites (tertiary alicyclic amines) is 1. The molecule has 2 heterocycles. The monoisotopic (exact) mass is 409 g/mol. The standard InChI is InChI=1S/C21H20BrN3O/c22-18-12-17-11-16(7-8-19(17)24-20(23)13-18)14-3-5-15(6-4-14)21(26)25-9-1-2-10-25/h3-8,11-12H,1-2,9-10,13H2,(H2,23,24). The molecule has 2 N–H and O–H groups in total. The van der Waals surface area contributed by atoms with Crippen molar-refractivity contribution in [2.75, 3.05) is 13.1 Å².